The summed E-state index contributed by atoms with van der Waals surface area (Å²) in [6, 6.07) is 4.11. The van der Waals surface area contributed by atoms with E-state index >= 15 is 0 Å². The van der Waals surface area contributed by atoms with Gasteiger partial charge in [-0.15, -0.1) is 0 Å². The lowest BCUT2D eigenvalue weighted by molar-refractivity contribution is 0.843. The topological polar surface area (TPSA) is 38.7 Å². The fourth-order valence-electron chi connectivity index (χ4n) is 1.83. The molecule has 0 bridgehead atoms. The SMILES string of the molecule is Cc1cnc(-c2ccc(C(C)C)c(C)n2)nc1. The van der Waals surface area contributed by atoms with Gasteiger partial charge in [-0.25, -0.2) is 15.0 Å². The van der Waals surface area contributed by atoms with Crippen LogP contribution in [0, 0.1) is 13.8 Å². The van der Waals surface area contributed by atoms with Gasteiger partial charge in [0.1, 0.15) is 5.69 Å². The number of aromatic nitrogens is 3. The molecule has 2 aromatic rings. The average Bonchev–Trinajstić information content (AvgIpc) is 2.29. The summed E-state index contributed by atoms with van der Waals surface area (Å²) >= 11 is 0. The molecule has 3 heteroatoms. The van der Waals surface area contributed by atoms with E-state index in [1.165, 1.54) is 5.56 Å². The molecule has 2 aromatic heterocycles. The highest BCUT2D eigenvalue weighted by atomic mass is 14.9. The summed E-state index contributed by atoms with van der Waals surface area (Å²) in [6.45, 7) is 8.36. The van der Waals surface area contributed by atoms with Crippen molar-refractivity contribution in [1.82, 2.24) is 15.0 Å². The van der Waals surface area contributed by atoms with Crippen LogP contribution in [0.4, 0.5) is 0 Å². The van der Waals surface area contributed by atoms with Gasteiger partial charge in [0.25, 0.3) is 0 Å². The summed E-state index contributed by atoms with van der Waals surface area (Å²) in [4.78, 5) is 13.2. The highest BCUT2D eigenvalue weighted by Crippen LogP contribution is 2.20. The minimum absolute atomic E-state index is 0.496. The van der Waals surface area contributed by atoms with E-state index in [1.54, 1.807) is 0 Å². The minimum atomic E-state index is 0.496. The van der Waals surface area contributed by atoms with Crippen molar-refractivity contribution in [3.8, 4) is 11.5 Å². The summed E-state index contributed by atoms with van der Waals surface area (Å²) in [7, 11) is 0. The van der Waals surface area contributed by atoms with Crippen LogP contribution in [0.1, 0.15) is 36.6 Å². The van der Waals surface area contributed by atoms with Gasteiger partial charge in [0.2, 0.25) is 0 Å². The Labute approximate surface area is 102 Å². The lowest BCUT2D eigenvalue weighted by Crippen LogP contribution is -1.98. The van der Waals surface area contributed by atoms with Crippen LogP contribution in [0.5, 0.6) is 0 Å². The van der Waals surface area contributed by atoms with Gasteiger partial charge in [-0.05, 0) is 37.0 Å². The van der Waals surface area contributed by atoms with E-state index in [1.807, 2.05) is 32.3 Å². The van der Waals surface area contributed by atoms with Crippen LogP contribution in [-0.2, 0) is 0 Å². The molecule has 88 valence electrons. The highest BCUT2D eigenvalue weighted by molar-refractivity contribution is 5.50. The number of pyridine rings is 1. The van der Waals surface area contributed by atoms with Crippen LogP contribution >= 0.6 is 0 Å². The van der Waals surface area contributed by atoms with E-state index in [2.05, 4.69) is 34.9 Å². The zero-order valence-corrected chi connectivity index (χ0v) is 10.7. The molecule has 0 aliphatic heterocycles. The van der Waals surface area contributed by atoms with Gasteiger partial charge in [-0.2, -0.15) is 0 Å². The summed E-state index contributed by atoms with van der Waals surface area (Å²) in [6.07, 6.45) is 3.63. The number of aryl methyl sites for hydroxylation is 2. The van der Waals surface area contributed by atoms with Crippen molar-refractivity contribution in [2.75, 3.05) is 0 Å². The van der Waals surface area contributed by atoms with Crippen LogP contribution in [0.3, 0.4) is 0 Å². The third kappa shape index (κ3) is 2.49. The Morgan fingerprint density at radius 2 is 1.65 bits per heavy atom. The van der Waals surface area contributed by atoms with Gasteiger partial charge in [-0.3, -0.25) is 0 Å². The minimum Gasteiger partial charge on any atom is -0.249 e. The molecular formula is C14H17N3. The van der Waals surface area contributed by atoms with E-state index in [-0.39, 0.29) is 0 Å². The van der Waals surface area contributed by atoms with Crippen molar-refractivity contribution in [3.63, 3.8) is 0 Å². The molecule has 0 amide bonds. The fraction of sp³-hybridized carbons (Fsp3) is 0.357. The Balaban J connectivity index is 2.41. The lowest BCUT2D eigenvalue weighted by atomic mass is 10.0. The van der Waals surface area contributed by atoms with Crippen LogP contribution in [0.25, 0.3) is 11.5 Å². The molecule has 0 radical (unpaired) electrons. The van der Waals surface area contributed by atoms with E-state index < -0.39 is 0 Å². The predicted octanol–water partition coefficient (Wildman–Crippen LogP) is 3.28. The molecule has 0 atom stereocenters. The van der Waals surface area contributed by atoms with Crippen molar-refractivity contribution >= 4 is 0 Å². The highest BCUT2D eigenvalue weighted by Gasteiger charge is 2.08. The lowest BCUT2D eigenvalue weighted by Gasteiger charge is -2.09. The molecular weight excluding hydrogens is 210 g/mol. The van der Waals surface area contributed by atoms with Crippen molar-refractivity contribution in [2.45, 2.75) is 33.6 Å². The first-order valence-corrected chi connectivity index (χ1v) is 5.84. The molecule has 0 spiro atoms. The second-order valence-electron chi connectivity index (χ2n) is 4.61. The zero-order chi connectivity index (χ0) is 12.4. The van der Waals surface area contributed by atoms with Gasteiger partial charge in [0.05, 0.1) is 0 Å². The quantitative estimate of drug-likeness (QED) is 0.790. The Morgan fingerprint density at radius 1 is 1.00 bits per heavy atom. The monoisotopic (exact) mass is 227 g/mol. The van der Waals surface area contributed by atoms with E-state index in [9.17, 15) is 0 Å². The molecule has 0 N–H and O–H groups in total. The van der Waals surface area contributed by atoms with Gasteiger partial charge >= 0.3 is 0 Å². The Kier molecular flexibility index (Phi) is 3.18. The van der Waals surface area contributed by atoms with E-state index in [0.717, 1.165) is 17.0 Å². The van der Waals surface area contributed by atoms with Gasteiger partial charge in [0.15, 0.2) is 5.82 Å². The number of hydrogen-bond donors (Lipinski definition) is 0. The van der Waals surface area contributed by atoms with E-state index in [4.69, 9.17) is 0 Å². The Bertz CT molecular complexity index is 515. The molecule has 0 unspecified atom stereocenters. The summed E-state index contributed by atoms with van der Waals surface area (Å²) in [5, 5.41) is 0. The fourth-order valence-corrected chi connectivity index (χ4v) is 1.83. The maximum absolute atomic E-state index is 4.57. The molecule has 0 saturated carbocycles. The first-order chi connectivity index (χ1) is 8.08. The van der Waals surface area contributed by atoms with Crippen molar-refractivity contribution in [1.29, 1.82) is 0 Å². The van der Waals surface area contributed by atoms with E-state index in [0.29, 0.717) is 11.7 Å². The van der Waals surface area contributed by atoms with Crippen LogP contribution in [0.2, 0.25) is 0 Å². The normalized spacial score (nSPS) is 10.9. The second-order valence-corrected chi connectivity index (χ2v) is 4.61. The van der Waals surface area contributed by atoms with Crippen molar-refractivity contribution in [3.05, 3.63) is 41.3 Å². The van der Waals surface area contributed by atoms with Gasteiger partial charge in [-0.1, -0.05) is 19.9 Å². The standard InChI is InChI=1S/C14H17N3/c1-9(2)12-5-6-13(17-11(12)4)14-15-7-10(3)8-16-14/h5-9H,1-4H3. The van der Waals surface area contributed by atoms with Crippen LogP contribution < -0.4 is 0 Å². The first kappa shape index (κ1) is 11.7. The van der Waals surface area contributed by atoms with Crippen molar-refractivity contribution in [2.24, 2.45) is 0 Å². The van der Waals surface area contributed by atoms with Gasteiger partial charge in [0, 0.05) is 18.1 Å². The number of nitrogens with zero attached hydrogens (tertiary/aromatic N) is 3. The van der Waals surface area contributed by atoms with Crippen LogP contribution in [-0.4, -0.2) is 15.0 Å². The second kappa shape index (κ2) is 4.62. The molecule has 0 fully saturated rings. The maximum atomic E-state index is 4.57. The molecule has 0 aliphatic rings. The number of hydrogen-bond acceptors (Lipinski definition) is 3. The summed E-state index contributed by atoms with van der Waals surface area (Å²) in [5.74, 6) is 1.18. The third-order valence-corrected chi connectivity index (χ3v) is 2.76. The molecule has 2 rings (SSSR count). The Morgan fingerprint density at radius 3 is 2.18 bits per heavy atom. The van der Waals surface area contributed by atoms with Gasteiger partial charge < -0.3 is 0 Å². The molecule has 3 nitrogen and oxygen atoms in total. The zero-order valence-electron chi connectivity index (χ0n) is 10.7. The maximum Gasteiger partial charge on any atom is 0.178 e. The first-order valence-electron chi connectivity index (χ1n) is 5.84. The average molecular weight is 227 g/mol. The van der Waals surface area contributed by atoms with Crippen LogP contribution in [0.15, 0.2) is 24.5 Å². The number of rotatable bonds is 2. The smallest absolute Gasteiger partial charge is 0.178 e. The predicted molar refractivity (Wildman–Crippen MR) is 68.8 cm³/mol. The molecule has 17 heavy (non-hydrogen) atoms. The summed E-state index contributed by atoms with van der Waals surface area (Å²) in [5.41, 5.74) is 4.23. The molecule has 0 saturated heterocycles. The largest absolute Gasteiger partial charge is 0.249 e. The Hall–Kier alpha value is -1.77. The summed E-state index contributed by atoms with van der Waals surface area (Å²) < 4.78 is 0. The molecule has 2 heterocycles. The molecule has 0 aliphatic carbocycles. The molecule has 0 aromatic carbocycles. The van der Waals surface area contributed by atoms with Crippen molar-refractivity contribution < 1.29 is 0 Å². The third-order valence-electron chi connectivity index (χ3n) is 2.76.